The average Bonchev–Trinajstić information content (AvgIpc) is 3.11. The van der Waals surface area contributed by atoms with E-state index in [0.717, 1.165) is 32.4 Å². The minimum Gasteiger partial charge on any atom is -0.296 e. The largest absolute Gasteiger partial charge is 0.296 e. The van der Waals surface area contributed by atoms with Crippen LogP contribution >= 0.6 is 22.9 Å². The summed E-state index contributed by atoms with van der Waals surface area (Å²) in [4.78, 5) is 4.38. The van der Waals surface area contributed by atoms with Crippen molar-refractivity contribution in [2.45, 2.75) is 43.7 Å². The van der Waals surface area contributed by atoms with Crippen LogP contribution in [0.25, 0.3) is 0 Å². The summed E-state index contributed by atoms with van der Waals surface area (Å²) in [5.41, 5.74) is 2.09. The zero-order chi connectivity index (χ0) is 18.3. The lowest BCUT2D eigenvalue weighted by atomic mass is 10.0. The summed E-state index contributed by atoms with van der Waals surface area (Å²) in [7, 11) is -3.48. The highest BCUT2D eigenvalue weighted by atomic mass is 35.5. The molecular formula is C19H23ClN2O2S2. The number of rotatable bonds is 3. The maximum atomic E-state index is 13.0. The molecule has 4 rings (SSSR count). The molecule has 0 N–H and O–H groups in total. The van der Waals surface area contributed by atoms with Gasteiger partial charge in [0, 0.05) is 42.1 Å². The van der Waals surface area contributed by atoms with Crippen molar-refractivity contribution in [3.63, 3.8) is 0 Å². The molecule has 1 saturated heterocycles. The number of fused-ring (bicyclic) bond motifs is 1. The molecule has 2 aliphatic heterocycles. The van der Waals surface area contributed by atoms with Crippen LogP contribution < -0.4 is 0 Å². The third-order valence-electron chi connectivity index (χ3n) is 5.61. The Kier molecular flexibility index (Phi) is 5.14. The first-order valence-electron chi connectivity index (χ1n) is 9.01. The topological polar surface area (TPSA) is 40.6 Å². The second-order valence-electron chi connectivity index (χ2n) is 7.09. The molecule has 0 saturated carbocycles. The quantitative estimate of drug-likeness (QED) is 0.769. The van der Waals surface area contributed by atoms with Crippen LogP contribution in [-0.4, -0.2) is 43.3 Å². The van der Waals surface area contributed by atoms with E-state index in [2.05, 4.69) is 16.3 Å². The van der Waals surface area contributed by atoms with Crippen LogP contribution in [0.3, 0.4) is 0 Å². The molecule has 26 heavy (non-hydrogen) atoms. The molecule has 0 unspecified atom stereocenters. The van der Waals surface area contributed by atoms with Gasteiger partial charge in [-0.25, -0.2) is 8.42 Å². The van der Waals surface area contributed by atoms with Gasteiger partial charge in [0.2, 0.25) is 10.0 Å². The first-order chi connectivity index (χ1) is 12.5. The van der Waals surface area contributed by atoms with Crippen LogP contribution in [-0.2, 0) is 23.0 Å². The Morgan fingerprint density at radius 1 is 1.15 bits per heavy atom. The van der Waals surface area contributed by atoms with Gasteiger partial charge in [-0.15, -0.1) is 11.3 Å². The van der Waals surface area contributed by atoms with E-state index in [4.69, 9.17) is 11.6 Å². The van der Waals surface area contributed by atoms with E-state index in [1.165, 1.54) is 10.4 Å². The van der Waals surface area contributed by atoms with Crippen LogP contribution in [0.1, 0.15) is 28.8 Å². The van der Waals surface area contributed by atoms with Crippen molar-refractivity contribution >= 4 is 33.0 Å². The molecule has 140 valence electrons. The fourth-order valence-electron chi connectivity index (χ4n) is 4.04. The summed E-state index contributed by atoms with van der Waals surface area (Å²) in [5.74, 6) is 0. The van der Waals surface area contributed by atoms with Crippen molar-refractivity contribution in [2.24, 2.45) is 0 Å². The smallest absolute Gasteiger partial charge is 0.243 e. The highest BCUT2D eigenvalue weighted by Gasteiger charge is 2.33. The lowest BCUT2D eigenvalue weighted by Gasteiger charge is -2.39. The van der Waals surface area contributed by atoms with Crippen LogP contribution in [0, 0.1) is 6.92 Å². The lowest BCUT2D eigenvalue weighted by molar-refractivity contribution is 0.127. The molecule has 4 nitrogen and oxygen atoms in total. The van der Waals surface area contributed by atoms with Gasteiger partial charge in [0.15, 0.2) is 0 Å². The Balaban J connectivity index is 1.44. The van der Waals surface area contributed by atoms with E-state index in [-0.39, 0.29) is 0 Å². The fourth-order valence-corrected chi connectivity index (χ4v) is 6.87. The Bertz CT molecular complexity index is 902. The van der Waals surface area contributed by atoms with Crippen LogP contribution in [0.4, 0.5) is 0 Å². The van der Waals surface area contributed by atoms with Crippen molar-refractivity contribution in [2.75, 3.05) is 19.6 Å². The predicted octanol–water partition coefficient (Wildman–Crippen LogP) is 3.92. The summed E-state index contributed by atoms with van der Waals surface area (Å²) in [6.07, 6.45) is 2.89. The zero-order valence-corrected chi connectivity index (χ0v) is 17.2. The molecule has 1 fully saturated rings. The van der Waals surface area contributed by atoms with Gasteiger partial charge in [0.05, 0.1) is 4.90 Å². The summed E-state index contributed by atoms with van der Waals surface area (Å²) >= 11 is 7.98. The molecule has 3 heterocycles. The van der Waals surface area contributed by atoms with Crippen molar-refractivity contribution in [1.29, 1.82) is 0 Å². The third kappa shape index (κ3) is 3.34. The van der Waals surface area contributed by atoms with E-state index >= 15 is 0 Å². The molecule has 7 heteroatoms. The normalized spacial score (nSPS) is 20.2. The predicted molar refractivity (Wildman–Crippen MR) is 106 cm³/mol. The average molecular weight is 411 g/mol. The van der Waals surface area contributed by atoms with Crippen molar-refractivity contribution < 1.29 is 8.42 Å². The number of halogens is 1. The van der Waals surface area contributed by atoms with Gasteiger partial charge >= 0.3 is 0 Å². The van der Waals surface area contributed by atoms with E-state index < -0.39 is 10.0 Å². The first kappa shape index (κ1) is 18.4. The number of nitrogens with zero attached hydrogens (tertiary/aromatic N) is 2. The van der Waals surface area contributed by atoms with Crippen LogP contribution in [0.5, 0.6) is 0 Å². The van der Waals surface area contributed by atoms with Gasteiger partial charge in [0.25, 0.3) is 0 Å². The highest BCUT2D eigenvalue weighted by molar-refractivity contribution is 7.89. The number of benzene rings is 1. The van der Waals surface area contributed by atoms with Crippen molar-refractivity contribution in [3.8, 4) is 0 Å². The lowest BCUT2D eigenvalue weighted by Crippen LogP contribution is -2.47. The number of hydrogen-bond acceptors (Lipinski definition) is 4. The van der Waals surface area contributed by atoms with Gasteiger partial charge in [0.1, 0.15) is 0 Å². The molecular weight excluding hydrogens is 388 g/mol. The highest BCUT2D eigenvalue weighted by Crippen LogP contribution is 2.31. The SMILES string of the molecule is Cc1c(Cl)cccc1S(=O)(=O)N1CCC(N2CCc3sccc3C2)CC1. The second-order valence-corrected chi connectivity index (χ2v) is 10.4. The van der Waals surface area contributed by atoms with Crippen molar-refractivity contribution in [3.05, 3.63) is 50.7 Å². The summed E-state index contributed by atoms with van der Waals surface area (Å²) < 4.78 is 27.7. The number of piperidine rings is 1. The van der Waals surface area contributed by atoms with Gasteiger partial charge in [-0.3, -0.25) is 4.90 Å². The molecule has 1 aromatic carbocycles. The minimum absolute atomic E-state index is 0.337. The van der Waals surface area contributed by atoms with Crippen molar-refractivity contribution in [1.82, 2.24) is 9.21 Å². The maximum absolute atomic E-state index is 13.0. The zero-order valence-electron chi connectivity index (χ0n) is 14.8. The van der Waals surface area contributed by atoms with Crippen LogP contribution in [0.2, 0.25) is 5.02 Å². The van der Waals surface area contributed by atoms with E-state index in [9.17, 15) is 8.42 Å². The second kappa shape index (κ2) is 7.24. The molecule has 0 aliphatic carbocycles. The minimum atomic E-state index is -3.48. The molecule has 0 atom stereocenters. The molecule has 0 amide bonds. The van der Waals surface area contributed by atoms with E-state index in [1.807, 2.05) is 11.3 Å². The molecule has 2 aliphatic rings. The first-order valence-corrected chi connectivity index (χ1v) is 11.7. The Labute approximate surface area is 164 Å². The molecule has 0 radical (unpaired) electrons. The van der Waals surface area contributed by atoms with Gasteiger partial charge in [-0.05, 0) is 60.9 Å². The number of thiophene rings is 1. The van der Waals surface area contributed by atoms with E-state index in [1.54, 1.807) is 29.4 Å². The molecule has 1 aromatic heterocycles. The Hall–Kier alpha value is -0.920. The summed E-state index contributed by atoms with van der Waals surface area (Å²) in [6.45, 7) is 5.01. The third-order valence-corrected chi connectivity index (χ3v) is 9.09. The molecule has 0 spiro atoms. The van der Waals surface area contributed by atoms with Gasteiger partial charge in [-0.2, -0.15) is 4.31 Å². The standard InChI is InChI=1S/C19H23ClN2O2S2/c1-14-17(20)3-2-4-19(14)26(23,24)22-10-5-16(6-11-22)21-9-7-18-15(13-21)8-12-25-18/h2-4,8,12,16H,5-7,9-11,13H2,1H3. The molecule has 0 bridgehead atoms. The number of hydrogen-bond donors (Lipinski definition) is 0. The van der Waals surface area contributed by atoms with E-state index in [0.29, 0.717) is 34.6 Å². The maximum Gasteiger partial charge on any atom is 0.243 e. The van der Waals surface area contributed by atoms with Gasteiger partial charge in [-0.1, -0.05) is 17.7 Å². The van der Waals surface area contributed by atoms with Crippen LogP contribution in [0.15, 0.2) is 34.5 Å². The number of sulfonamides is 1. The Morgan fingerprint density at radius 2 is 1.92 bits per heavy atom. The fraction of sp³-hybridized carbons (Fsp3) is 0.474. The molecule has 2 aromatic rings. The summed E-state index contributed by atoms with van der Waals surface area (Å²) in [6, 6.07) is 7.80. The monoisotopic (exact) mass is 410 g/mol. The van der Waals surface area contributed by atoms with Gasteiger partial charge < -0.3 is 0 Å². The Morgan fingerprint density at radius 3 is 2.69 bits per heavy atom. The summed E-state index contributed by atoms with van der Waals surface area (Å²) in [5, 5.41) is 2.68.